The fourth-order valence-electron chi connectivity index (χ4n) is 2.05. The van der Waals surface area contributed by atoms with Gasteiger partial charge in [0.15, 0.2) is 0 Å². The molecule has 0 aliphatic carbocycles. The zero-order valence-electron chi connectivity index (χ0n) is 11.9. The minimum Gasteiger partial charge on any atom is -0.481 e. The van der Waals surface area contributed by atoms with Crippen LogP contribution in [0.15, 0.2) is 36.7 Å². The molecular weight excluding hydrogens is 290 g/mol. The van der Waals surface area contributed by atoms with Crippen molar-refractivity contribution in [1.29, 1.82) is 0 Å². The van der Waals surface area contributed by atoms with E-state index in [4.69, 9.17) is 16.7 Å². The average Bonchev–Trinajstić information content (AvgIpc) is 2.86. The first-order chi connectivity index (χ1) is 10.0. The number of hydrogen-bond donors (Lipinski definition) is 1. The van der Waals surface area contributed by atoms with E-state index in [0.717, 1.165) is 16.1 Å². The summed E-state index contributed by atoms with van der Waals surface area (Å²) in [4.78, 5) is 12.5. The zero-order valence-corrected chi connectivity index (χ0v) is 12.6. The Morgan fingerprint density at radius 1 is 1.43 bits per heavy atom. The highest BCUT2D eigenvalue weighted by Gasteiger charge is 2.06. The summed E-state index contributed by atoms with van der Waals surface area (Å²) in [6, 6.07) is 7.69. The van der Waals surface area contributed by atoms with Crippen molar-refractivity contribution in [2.75, 3.05) is 13.6 Å². The van der Waals surface area contributed by atoms with Gasteiger partial charge in [-0.05, 0) is 18.7 Å². The minimum atomic E-state index is -0.781. The Balaban J connectivity index is 1.92. The summed E-state index contributed by atoms with van der Waals surface area (Å²) in [7, 11) is 1.90. The largest absolute Gasteiger partial charge is 0.481 e. The first kappa shape index (κ1) is 15.5. The van der Waals surface area contributed by atoms with Crippen LogP contribution in [0.3, 0.4) is 0 Å². The topological polar surface area (TPSA) is 58.4 Å². The Labute approximate surface area is 128 Å². The number of carbonyl (C=O) groups is 1. The molecule has 1 N–H and O–H groups in total. The Kier molecular flexibility index (Phi) is 5.36. The Morgan fingerprint density at radius 2 is 2.19 bits per heavy atom. The first-order valence-corrected chi connectivity index (χ1v) is 7.07. The summed E-state index contributed by atoms with van der Waals surface area (Å²) >= 11 is 6.13. The summed E-state index contributed by atoms with van der Waals surface area (Å²) in [6.07, 6.45) is 3.90. The molecule has 1 heterocycles. The van der Waals surface area contributed by atoms with Gasteiger partial charge >= 0.3 is 5.97 Å². The quantitative estimate of drug-likeness (QED) is 0.854. The van der Waals surface area contributed by atoms with Gasteiger partial charge in [-0.3, -0.25) is 9.48 Å². The van der Waals surface area contributed by atoms with E-state index < -0.39 is 5.97 Å². The molecule has 0 spiro atoms. The van der Waals surface area contributed by atoms with Crippen molar-refractivity contribution in [1.82, 2.24) is 14.7 Å². The van der Waals surface area contributed by atoms with Gasteiger partial charge in [0, 0.05) is 29.9 Å². The molecular formula is C15H18ClN3O2. The standard InChI is InChI=1S/C15H18ClN3O2/c1-18(7-6-15(20)21)9-12-8-17-19(10-12)11-13-4-2-3-5-14(13)16/h2-5,8,10H,6-7,9,11H2,1H3,(H,20,21). The molecule has 5 nitrogen and oxygen atoms in total. The summed E-state index contributed by atoms with van der Waals surface area (Å²) < 4.78 is 1.83. The first-order valence-electron chi connectivity index (χ1n) is 6.69. The summed E-state index contributed by atoms with van der Waals surface area (Å²) in [5.41, 5.74) is 2.07. The third kappa shape index (κ3) is 4.88. The van der Waals surface area contributed by atoms with Crippen LogP contribution in [0, 0.1) is 0 Å². The van der Waals surface area contributed by atoms with Crippen LogP contribution in [0.4, 0.5) is 0 Å². The molecule has 0 saturated heterocycles. The molecule has 1 aromatic heterocycles. The lowest BCUT2D eigenvalue weighted by Crippen LogP contribution is -2.21. The van der Waals surface area contributed by atoms with Gasteiger partial charge in [0.2, 0.25) is 0 Å². The fraction of sp³-hybridized carbons (Fsp3) is 0.333. The molecule has 0 fully saturated rings. The number of halogens is 1. The van der Waals surface area contributed by atoms with Gasteiger partial charge in [-0.25, -0.2) is 0 Å². The molecule has 2 aromatic rings. The van der Waals surface area contributed by atoms with E-state index in [0.29, 0.717) is 19.6 Å². The van der Waals surface area contributed by atoms with Gasteiger partial charge < -0.3 is 10.0 Å². The average molecular weight is 308 g/mol. The summed E-state index contributed by atoms with van der Waals surface area (Å²) in [5.74, 6) is -0.781. The van der Waals surface area contributed by atoms with Crippen LogP contribution in [0.5, 0.6) is 0 Å². The summed E-state index contributed by atoms with van der Waals surface area (Å²) in [6.45, 7) is 1.82. The highest BCUT2D eigenvalue weighted by Crippen LogP contribution is 2.16. The number of benzene rings is 1. The van der Waals surface area contributed by atoms with Gasteiger partial charge in [-0.2, -0.15) is 5.10 Å². The van der Waals surface area contributed by atoms with Crippen LogP contribution < -0.4 is 0 Å². The SMILES string of the molecule is CN(CCC(=O)O)Cc1cnn(Cc2ccccc2Cl)c1. The third-order valence-corrected chi connectivity index (χ3v) is 3.51. The molecule has 0 radical (unpaired) electrons. The molecule has 112 valence electrons. The maximum atomic E-state index is 10.5. The normalized spacial score (nSPS) is 11.0. The van der Waals surface area contributed by atoms with Crippen LogP contribution >= 0.6 is 11.6 Å². The number of carboxylic acids is 1. The number of aliphatic carboxylic acids is 1. The molecule has 2 rings (SSSR count). The molecule has 0 aliphatic heterocycles. The van der Waals surface area contributed by atoms with Crippen molar-refractivity contribution in [2.24, 2.45) is 0 Å². The Morgan fingerprint density at radius 3 is 2.90 bits per heavy atom. The van der Waals surface area contributed by atoms with Crippen molar-refractivity contribution in [3.05, 3.63) is 52.8 Å². The van der Waals surface area contributed by atoms with Gasteiger partial charge in [0.1, 0.15) is 0 Å². The van der Waals surface area contributed by atoms with Crippen molar-refractivity contribution in [3.63, 3.8) is 0 Å². The van der Waals surface area contributed by atoms with Crippen LogP contribution in [-0.4, -0.2) is 39.3 Å². The van der Waals surface area contributed by atoms with Crippen molar-refractivity contribution in [3.8, 4) is 0 Å². The lowest BCUT2D eigenvalue weighted by molar-refractivity contribution is -0.137. The van der Waals surface area contributed by atoms with Crippen LogP contribution in [0.2, 0.25) is 5.02 Å². The van der Waals surface area contributed by atoms with Crippen molar-refractivity contribution in [2.45, 2.75) is 19.5 Å². The van der Waals surface area contributed by atoms with E-state index in [1.165, 1.54) is 0 Å². The number of hydrogen-bond acceptors (Lipinski definition) is 3. The van der Waals surface area contributed by atoms with E-state index in [-0.39, 0.29) is 6.42 Å². The maximum Gasteiger partial charge on any atom is 0.304 e. The summed E-state index contributed by atoms with van der Waals surface area (Å²) in [5, 5.41) is 13.7. The molecule has 0 aliphatic rings. The molecule has 0 atom stereocenters. The molecule has 6 heteroatoms. The third-order valence-electron chi connectivity index (χ3n) is 3.14. The Bertz CT molecular complexity index is 612. The molecule has 0 amide bonds. The monoisotopic (exact) mass is 307 g/mol. The Hall–Kier alpha value is -1.85. The molecule has 21 heavy (non-hydrogen) atoms. The van der Waals surface area contributed by atoms with E-state index in [2.05, 4.69) is 5.10 Å². The lowest BCUT2D eigenvalue weighted by Gasteiger charge is -2.13. The molecule has 0 bridgehead atoms. The second-order valence-electron chi connectivity index (χ2n) is 5.02. The highest BCUT2D eigenvalue weighted by molar-refractivity contribution is 6.31. The lowest BCUT2D eigenvalue weighted by atomic mass is 10.2. The van der Waals surface area contributed by atoms with Gasteiger partial charge in [-0.15, -0.1) is 0 Å². The second kappa shape index (κ2) is 7.24. The van der Waals surface area contributed by atoms with Crippen molar-refractivity contribution >= 4 is 17.6 Å². The molecule has 1 aromatic carbocycles. The minimum absolute atomic E-state index is 0.143. The van der Waals surface area contributed by atoms with Crippen molar-refractivity contribution < 1.29 is 9.90 Å². The number of carboxylic acid groups (broad SMARTS) is 1. The molecule has 0 saturated carbocycles. The number of rotatable bonds is 7. The van der Waals surface area contributed by atoms with Crippen LogP contribution in [0.25, 0.3) is 0 Å². The predicted molar refractivity (Wildman–Crippen MR) is 81.4 cm³/mol. The van der Waals surface area contributed by atoms with Gasteiger partial charge in [0.05, 0.1) is 19.2 Å². The van der Waals surface area contributed by atoms with Crippen LogP contribution in [-0.2, 0) is 17.9 Å². The van der Waals surface area contributed by atoms with E-state index >= 15 is 0 Å². The predicted octanol–water partition coefficient (Wildman–Crippen LogP) is 2.49. The maximum absolute atomic E-state index is 10.5. The van der Waals surface area contributed by atoms with E-state index in [9.17, 15) is 4.79 Å². The number of aromatic nitrogens is 2. The smallest absolute Gasteiger partial charge is 0.304 e. The second-order valence-corrected chi connectivity index (χ2v) is 5.43. The highest BCUT2D eigenvalue weighted by atomic mass is 35.5. The van der Waals surface area contributed by atoms with E-state index in [1.807, 2.05) is 47.1 Å². The van der Waals surface area contributed by atoms with E-state index in [1.54, 1.807) is 6.20 Å². The number of nitrogens with zero attached hydrogens (tertiary/aromatic N) is 3. The van der Waals surface area contributed by atoms with Crippen LogP contribution in [0.1, 0.15) is 17.5 Å². The van der Waals surface area contributed by atoms with Gasteiger partial charge in [0.25, 0.3) is 0 Å². The molecule has 0 unspecified atom stereocenters. The fourth-order valence-corrected chi connectivity index (χ4v) is 2.25. The van der Waals surface area contributed by atoms with Gasteiger partial charge in [-0.1, -0.05) is 29.8 Å². The zero-order chi connectivity index (χ0) is 15.2.